The van der Waals surface area contributed by atoms with Crippen LogP contribution in [0.15, 0.2) is 21.8 Å². The maximum absolute atomic E-state index is 6.76. The van der Waals surface area contributed by atoms with Crippen LogP contribution in [0.4, 0.5) is 0 Å². The van der Waals surface area contributed by atoms with Gasteiger partial charge in [0.25, 0.3) is 0 Å². The highest BCUT2D eigenvalue weighted by Crippen LogP contribution is 2.59. The minimum absolute atomic E-state index is 0.176. The highest BCUT2D eigenvalue weighted by Gasteiger charge is 2.51. The van der Waals surface area contributed by atoms with Crippen LogP contribution in [0.2, 0.25) is 18.1 Å². The standard InChI is InChI=1S/C26H45IO2Si/c1-19(22-11-12-23-20(17-27)10-9-14-26(22,23)6)18-28-21-13-15-25(5,16-21)29-30(7,8)24(2,3)4/h13,15,17,19,21-23H,9-12,14,16,18H2,1-8H3/b20-17+/t19-,21-,22+,23?,25-,26+/m0/s1. The largest absolute Gasteiger partial charge is 0.408 e. The maximum atomic E-state index is 6.76. The van der Waals surface area contributed by atoms with Crippen molar-refractivity contribution in [2.45, 2.75) is 110 Å². The van der Waals surface area contributed by atoms with Crippen molar-refractivity contribution < 1.29 is 9.16 Å². The Kier molecular flexibility index (Phi) is 7.45. The molecule has 0 aromatic heterocycles. The third-order valence-electron chi connectivity index (χ3n) is 9.00. The second kappa shape index (κ2) is 8.94. The molecule has 0 N–H and O–H groups in total. The highest BCUT2D eigenvalue weighted by molar-refractivity contribution is 14.1. The minimum Gasteiger partial charge on any atom is -0.408 e. The van der Waals surface area contributed by atoms with E-state index in [0.717, 1.165) is 24.9 Å². The average molecular weight is 545 g/mol. The number of ether oxygens (including phenoxy) is 1. The Morgan fingerprint density at radius 3 is 2.60 bits per heavy atom. The molecule has 1 unspecified atom stereocenters. The molecular weight excluding hydrogens is 499 g/mol. The van der Waals surface area contributed by atoms with Gasteiger partial charge in [-0.15, -0.1) is 0 Å². The lowest BCUT2D eigenvalue weighted by molar-refractivity contribution is -0.00554. The fraction of sp³-hybridized carbons (Fsp3) is 0.846. The molecule has 2 saturated carbocycles. The van der Waals surface area contributed by atoms with Crippen LogP contribution in [0.25, 0.3) is 0 Å². The van der Waals surface area contributed by atoms with Gasteiger partial charge in [0, 0.05) is 6.42 Å². The molecule has 3 aliphatic carbocycles. The van der Waals surface area contributed by atoms with Crippen molar-refractivity contribution in [3.05, 3.63) is 21.8 Å². The third kappa shape index (κ3) is 4.96. The number of rotatable bonds is 6. The first-order valence-electron chi connectivity index (χ1n) is 12.1. The van der Waals surface area contributed by atoms with Gasteiger partial charge in [0.1, 0.15) is 0 Å². The molecule has 172 valence electrons. The zero-order chi connectivity index (χ0) is 22.4. The third-order valence-corrected chi connectivity index (χ3v) is 14.4. The Hall–Kier alpha value is 0.347. The van der Waals surface area contributed by atoms with E-state index in [2.05, 4.69) is 93.5 Å². The summed E-state index contributed by atoms with van der Waals surface area (Å²) < 4.78 is 15.6. The molecule has 0 aliphatic heterocycles. The summed E-state index contributed by atoms with van der Waals surface area (Å²) in [5, 5.41) is 0.233. The summed E-state index contributed by atoms with van der Waals surface area (Å²) in [5.41, 5.74) is 2.02. The fourth-order valence-corrected chi connectivity index (χ4v) is 8.68. The first kappa shape index (κ1) is 25.0. The van der Waals surface area contributed by atoms with Gasteiger partial charge in [-0.25, -0.2) is 0 Å². The van der Waals surface area contributed by atoms with Crippen molar-refractivity contribution in [2.75, 3.05) is 6.61 Å². The van der Waals surface area contributed by atoms with E-state index in [1.165, 1.54) is 32.1 Å². The second-order valence-corrected chi connectivity index (χ2v) is 17.7. The lowest BCUT2D eigenvalue weighted by Crippen LogP contribution is -2.47. The molecule has 3 aliphatic rings. The van der Waals surface area contributed by atoms with Crippen LogP contribution < -0.4 is 0 Å². The van der Waals surface area contributed by atoms with Crippen molar-refractivity contribution >= 4 is 30.9 Å². The number of fused-ring (bicyclic) bond motifs is 1. The Morgan fingerprint density at radius 2 is 1.97 bits per heavy atom. The monoisotopic (exact) mass is 544 g/mol. The lowest BCUT2D eigenvalue weighted by atomic mass is 9.61. The van der Waals surface area contributed by atoms with Gasteiger partial charge in [-0.3, -0.25) is 0 Å². The summed E-state index contributed by atoms with van der Waals surface area (Å²) in [6.45, 7) is 19.8. The van der Waals surface area contributed by atoms with Gasteiger partial charge in [-0.05, 0) is 84.4 Å². The number of hydrogen-bond donors (Lipinski definition) is 0. The van der Waals surface area contributed by atoms with Crippen molar-refractivity contribution in [3.63, 3.8) is 0 Å². The van der Waals surface area contributed by atoms with Crippen molar-refractivity contribution in [3.8, 4) is 0 Å². The Bertz CT molecular complexity index is 679. The normalized spacial score (nSPS) is 39.5. The summed E-state index contributed by atoms with van der Waals surface area (Å²) in [6, 6.07) is 0. The SMILES string of the molecule is C[C@@H](CO[C@H]1C=C[C@](C)(O[Si](C)(C)C(C)(C)C)C1)[C@H]1CCC2/C(=C/I)CCC[C@@]21C. The molecule has 2 nitrogen and oxygen atoms in total. The van der Waals surface area contributed by atoms with E-state index < -0.39 is 8.32 Å². The van der Waals surface area contributed by atoms with Gasteiger partial charge in [-0.2, -0.15) is 0 Å². The van der Waals surface area contributed by atoms with Crippen LogP contribution in [0.1, 0.15) is 80.1 Å². The molecular formula is C26H45IO2Si. The summed E-state index contributed by atoms with van der Waals surface area (Å²) >= 11 is 2.47. The van der Waals surface area contributed by atoms with Crippen molar-refractivity contribution in [1.82, 2.24) is 0 Å². The molecule has 4 heteroatoms. The summed E-state index contributed by atoms with van der Waals surface area (Å²) in [7, 11) is -1.79. The van der Waals surface area contributed by atoms with E-state index in [-0.39, 0.29) is 16.7 Å². The Balaban J connectivity index is 1.55. The van der Waals surface area contributed by atoms with Crippen LogP contribution in [-0.2, 0) is 9.16 Å². The minimum atomic E-state index is -1.79. The lowest BCUT2D eigenvalue weighted by Gasteiger charge is -2.44. The smallest absolute Gasteiger partial charge is 0.193 e. The molecule has 0 bridgehead atoms. The molecule has 0 amide bonds. The van der Waals surface area contributed by atoms with Crippen LogP contribution in [0, 0.1) is 23.2 Å². The predicted octanol–water partition coefficient (Wildman–Crippen LogP) is 8.28. The summed E-state index contributed by atoms with van der Waals surface area (Å²) in [6.07, 6.45) is 12.5. The maximum Gasteiger partial charge on any atom is 0.193 e. The van der Waals surface area contributed by atoms with Gasteiger partial charge in [0.05, 0.1) is 18.3 Å². The predicted molar refractivity (Wildman–Crippen MR) is 140 cm³/mol. The van der Waals surface area contributed by atoms with E-state index in [1.807, 2.05) is 0 Å². The van der Waals surface area contributed by atoms with Gasteiger partial charge < -0.3 is 9.16 Å². The highest BCUT2D eigenvalue weighted by atomic mass is 127. The van der Waals surface area contributed by atoms with Gasteiger partial charge in [-0.1, -0.05) is 74.9 Å². The molecule has 0 spiro atoms. The molecule has 30 heavy (non-hydrogen) atoms. The first-order chi connectivity index (χ1) is 13.8. The second-order valence-electron chi connectivity index (χ2n) is 12.4. The van der Waals surface area contributed by atoms with Gasteiger partial charge in [0.2, 0.25) is 0 Å². The zero-order valence-electron chi connectivity index (χ0n) is 20.7. The molecule has 0 saturated heterocycles. The van der Waals surface area contributed by atoms with Crippen molar-refractivity contribution in [1.29, 1.82) is 0 Å². The summed E-state index contributed by atoms with van der Waals surface area (Å²) in [5.74, 6) is 2.22. The summed E-state index contributed by atoms with van der Waals surface area (Å²) in [4.78, 5) is 0. The molecule has 0 aromatic rings. The average Bonchev–Trinajstić information content (AvgIpc) is 3.17. The van der Waals surface area contributed by atoms with E-state index in [1.54, 1.807) is 5.57 Å². The van der Waals surface area contributed by atoms with Crippen LogP contribution in [0.3, 0.4) is 0 Å². The molecule has 0 radical (unpaired) electrons. The van der Waals surface area contributed by atoms with Gasteiger partial charge >= 0.3 is 0 Å². The van der Waals surface area contributed by atoms with Crippen molar-refractivity contribution in [2.24, 2.45) is 23.2 Å². The van der Waals surface area contributed by atoms with Crippen LogP contribution in [-0.4, -0.2) is 26.6 Å². The quantitative estimate of drug-likeness (QED) is 0.190. The number of hydrogen-bond acceptors (Lipinski definition) is 2. The fourth-order valence-electron chi connectivity index (χ4n) is 6.31. The van der Waals surface area contributed by atoms with E-state index >= 15 is 0 Å². The van der Waals surface area contributed by atoms with E-state index in [4.69, 9.17) is 9.16 Å². The molecule has 2 fully saturated rings. The first-order valence-corrected chi connectivity index (χ1v) is 16.3. The topological polar surface area (TPSA) is 18.5 Å². The Labute approximate surface area is 200 Å². The van der Waals surface area contributed by atoms with Crippen LogP contribution >= 0.6 is 22.6 Å². The van der Waals surface area contributed by atoms with E-state index in [0.29, 0.717) is 11.3 Å². The Morgan fingerprint density at radius 1 is 1.27 bits per heavy atom. The zero-order valence-corrected chi connectivity index (χ0v) is 23.8. The molecule has 6 atom stereocenters. The molecule has 3 rings (SSSR count). The molecule has 0 aromatic carbocycles. The number of halogens is 1. The molecule has 0 heterocycles. The van der Waals surface area contributed by atoms with Crippen LogP contribution in [0.5, 0.6) is 0 Å². The van der Waals surface area contributed by atoms with E-state index in [9.17, 15) is 0 Å². The number of allylic oxidation sites excluding steroid dienone is 1. The van der Waals surface area contributed by atoms with Gasteiger partial charge in [0.15, 0.2) is 8.32 Å².